The van der Waals surface area contributed by atoms with Gasteiger partial charge in [0.05, 0.1) is 6.54 Å². The Morgan fingerprint density at radius 3 is 2.62 bits per heavy atom. The van der Waals surface area contributed by atoms with Gasteiger partial charge in [-0.25, -0.2) is 14.7 Å². The van der Waals surface area contributed by atoms with E-state index in [4.69, 9.17) is 0 Å². The number of carbonyl (C=O) groups excluding carboxylic acids is 1. The molecule has 2 heterocycles. The lowest BCUT2D eigenvalue weighted by Gasteiger charge is -2.18. The van der Waals surface area contributed by atoms with Crippen molar-refractivity contribution >= 4 is 11.8 Å². The van der Waals surface area contributed by atoms with Gasteiger partial charge in [0.15, 0.2) is 6.23 Å². The average molecular weight is 221 g/mol. The molecule has 0 spiro atoms. The molecular formula is C11H15N3O2. The fraction of sp³-hybridized carbons (Fsp3) is 0.455. The number of aromatic nitrogens is 1. The second-order valence-electron chi connectivity index (χ2n) is 4.16. The lowest BCUT2D eigenvalue weighted by atomic mass is 10.2. The smallest absolute Gasteiger partial charge is 0.327 e. The molecular weight excluding hydrogens is 206 g/mol. The van der Waals surface area contributed by atoms with Crippen molar-refractivity contribution in [3.63, 3.8) is 0 Å². The van der Waals surface area contributed by atoms with Crippen LogP contribution in [0.2, 0.25) is 0 Å². The summed E-state index contributed by atoms with van der Waals surface area (Å²) >= 11 is 0. The molecule has 0 radical (unpaired) electrons. The summed E-state index contributed by atoms with van der Waals surface area (Å²) in [4.78, 5) is 18.9. The van der Waals surface area contributed by atoms with Gasteiger partial charge in [-0.2, -0.15) is 0 Å². The van der Waals surface area contributed by atoms with Crippen LogP contribution in [0.25, 0.3) is 0 Å². The van der Waals surface area contributed by atoms with E-state index < -0.39 is 6.23 Å². The number of amides is 2. The third kappa shape index (κ3) is 1.74. The number of likely N-dealkylation sites (N-methyl/N-ethyl adjacent to an activating group) is 1. The van der Waals surface area contributed by atoms with Gasteiger partial charge in [0.25, 0.3) is 0 Å². The van der Waals surface area contributed by atoms with E-state index in [2.05, 4.69) is 4.98 Å². The van der Waals surface area contributed by atoms with Crippen LogP contribution < -0.4 is 4.90 Å². The highest BCUT2D eigenvalue weighted by molar-refractivity contribution is 5.93. The molecule has 2 rings (SSSR count). The summed E-state index contributed by atoms with van der Waals surface area (Å²) in [5.74, 6) is 0.513. The number of hydrogen-bond donors (Lipinski definition) is 1. The van der Waals surface area contributed by atoms with Crippen molar-refractivity contribution in [3.8, 4) is 0 Å². The molecule has 0 bridgehead atoms. The molecule has 0 saturated carbocycles. The first-order valence-corrected chi connectivity index (χ1v) is 5.16. The fourth-order valence-corrected chi connectivity index (χ4v) is 1.91. The molecule has 0 aromatic carbocycles. The van der Waals surface area contributed by atoms with Crippen LogP contribution in [0.15, 0.2) is 12.1 Å². The highest BCUT2D eigenvalue weighted by atomic mass is 16.3. The molecule has 1 aliphatic rings. The number of β-amino-alcohol motifs (C(OH)–C–C–N with tert-alkyl or cyclic N) is 1. The number of carbonyl (C=O) groups is 1. The van der Waals surface area contributed by atoms with Gasteiger partial charge >= 0.3 is 6.03 Å². The van der Waals surface area contributed by atoms with Gasteiger partial charge in [0, 0.05) is 12.7 Å². The molecule has 16 heavy (non-hydrogen) atoms. The maximum Gasteiger partial charge on any atom is 0.327 e. The molecule has 1 saturated heterocycles. The molecule has 1 aliphatic heterocycles. The maximum absolute atomic E-state index is 11.8. The monoisotopic (exact) mass is 221 g/mol. The number of aliphatic hydroxyl groups is 1. The Labute approximate surface area is 94.3 Å². The summed E-state index contributed by atoms with van der Waals surface area (Å²) in [5, 5.41) is 9.79. The van der Waals surface area contributed by atoms with Crippen molar-refractivity contribution in [1.82, 2.24) is 9.88 Å². The Morgan fingerprint density at radius 1 is 1.44 bits per heavy atom. The van der Waals surface area contributed by atoms with Gasteiger partial charge in [0.2, 0.25) is 0 Å². The van der Waals surface area contributed by atoms with Crippen molar-refractivity contribution in [2.75, 3.05) is 18.5 Å². The SMILES string of the molecule is Cc1cc(C)nc(N2C(=O)N(C)CC2O)c1. The van der Waals surface area contributed by atoms with E-state index in [0.717, 1.165) is 11.3 Å². The average Bonchev–Trinajstić information content (AvgIpc) is 2.39. The number of urea groups is 1. The molecule has 5 nitrogen and oxygen atoms in total. The van der Waals surface area contributed by atoms with Crippen molar-refractivity contribution < 1.29 is 9.90 Å². The van der Waals surface area contributed by atoms with Gasteiger partial charge in [-0.05, 0) is 31.5 Å². The van der Waals surface area contributed by atoms with Crippen LogP contribution in [0, 0.1) is 13.8 Å². The van der Waals surface area contributed by atoms with E-state index in [0.29, 0.717) is 12.4 Å². The molecule has 1 aromatic rings. The van der Waals surface area contributed by atoms with Crippen LogP contribution in [0.1, 0.15) is 11.3 Å². The topological polar surface area (TPSA) is 56.7 Å². The zero-order valence-electron chi connectivity index (χ0n) is 9.64. The summed E-state index contributed by atoms with van der Waals surface area (Å²) in [6.07, 6.45) is -0.814. The molecule has 1 atom stereocenters. The van der Waals surface area contributed by atoms with Crippen LogP contribution in [-0.2, 0) is 0 Å². The first-order chi connectivity index (χ1) is 7.49. The first kappa shape index (κ1) is 10.9. The lowest BCUT2D eigenvalue weighted by Crippen LogP contribution is -2.35. The third-order valence-electron chi connectivity index (χ3n) is 2.60. The summed E-state index contributed by atoms with van der Waals surface area (Å²) in [6.45, 7) is 4.12. The highest BCUT2D eigenvalue weighted by Gasteiger charge is 2.35. The van der Waals surface area contributed by atoms with Crippen LogP contribution >= 0.6 is 0 Å². The summed E-state index contributed by atoms with van der Waals surface area (Å²) in [7, 11) is 1.66. The standard InChI is InChI=1S/C11H15N3O2/c1-7-4-8(2)12-9(5-7)14-10(15)6-13(3)11(14)16/h4-5,10,15H,6H2,1-3H3. The predicted molar refractivity (Wildman–Crippen MR) is 60.2 cm³/mol. The van der Waals surface area contributed by atoms with E-state index in [1.165, 1.54) is 9.80 Å². The predicted octanol–water partition coefficient (Wildman–Crippen LogP) is 0.889. The molecule has 1 aromatic heterocycles. The van der Waals surface area contributed by atoms with Crippen LogP contribution in [-0.4, -0.2) is 40.8 Å². The van der Waals surface area contributed by atoms with Crippen molar-refractivity contribution in [2.24, 2.45) is 0 Å². The summed E-state index contributed by atoms with van der Waals surface area (Å²) in [5.41, 5.74) is 1.86. The second kappa shape index (κ2) is 3.75. The van der Waals surface area contributed by atoms with Crippen LogP contribution in [0.4, 0.5) is 10.6 Å². The van der Waals surface area contributed by atoms with Gasteiger partial charge in [-0.1, -0.05) is 0 Å². The number of aryl methyl sites for hydroxylation is 2. The van der Waals surface area contributed by atoms with E-state index in [9.17, 15) is 9.90 Å². The van der Waals surface area contributed by atoms with E-state index in [1.54, 1.807) is 13.1 Å². The van der Waals surface area contributed by atoms with Crippen LogP contribution in [0.3, 0.4) is 0 Å². The maximum atomic E-state index is 11.8. The lowest BCUT2D eigenvalue weighted by molar-refractivity contribution is 0.183. The molecule has 86 valence electrons. The normalized spacial score (nSPS) is 20.8. The molecule has 1 unspecified atom stereocenters. The highest BCUT2D eigenvalue weighted by Crippen LogP contribution is 2.22. The minimum absolute atomic E-state index is 0.218. The number of pyridine rings is 1. The molecule has 2 amide bonds. The van der Waals surface area contributed by atoms with Crippen molar-refractivity contribution in [2.45, 2.75) is 20.1 Å². The molecule has 5 heteroatoms. The van der Waals surface area contributed by atoms with E-state index >= 15 is 0 Å². The van der Waals surface area contributed by atoms with Gasteiger partial charge in [0.1, 0.15) is 5.82 Å². The molecule has 1 N–H and O–H groups in total. The van der Waals surface area contributed by atoms with Crippen molar-refractivity contribution in [3.05, 3.63) is 23.4 Å². The largest absolute Gasteiger partial charge is 0.371 e. The fourth-order valence-electron chi connectivity index (χ4n) is 1.91. The number of nitrogens with zero attached hydrogens (tertiary/aromatic N) is 3. The van der Waals surface area contributed by atoms with E-state index in [1.807, 2.05) is 19.9 Å². The Morgan fingerprint density at radius 2 is 2.12 bits per heavy atom. The summed E-state index contributed by atoms with van der Waals surface area (Å²) in [6, 6.07) is 3.51. The first-order valence-electron chi connectivity index (χ1n) is 5.16. The zero-order chi connectivity index (χ0) is 11.9. The second-order valence-corrected chi connectivity index (χ2v) is 4.16. The van der Waals surface area contributed by atoms with Crippen LogP contribution in [0.5, 0.6) is 0 Å². The number of hydrogen-bond acceptors (Lipinski definition) is 3. The Bertz CT molecular complexity index is 413. The molecule has 1 fully saturated rings. The van der Waals surface area contributed by atoms with Crippen molar-refractivity contribution in [1.29, 1.82) is 0 Å². The van der Waals surface area contributed by atoms with E-state index in [-0.39, 0.29) is 6.03 Å². The quantitative estimate of drug-likeness (QED) is 0.766. The summed E-state index contributed by atoms with van der Waals surface area (Å²) < 4.78 is 0. The Kier molecular flexibility index (Phi) is 2.55. The minimum Gasteiger partial charge on any atom is -0.371 e. The zero-order valence-corrected chi connectivity index (χ0v) is 9.64. The third-order valence-corrected chi connectivity index (χ3v) is 2.60. The molecule has 0 aliphatic carbocycles. The van der Waals surface area contributed by atoms with Gasteiger partial charge in [-0.15, -0.1) is 0 Å². The Balaban J connectivity index is 2.40. The van der Waals surface area contributed by atoms with Gasteiger partial charge in [-0.3, -0.25) is 0 Å². The Hall–Kier alpha value is -1.62. The minimum atomic E-state index is -0.814. The number of rotatable bonds is 1. The number of anilines is 1. The number of aliphatic hydroxyl groups excluding tert-OH is 1. The van der Waals surface area contributed by atoms with Gasteiger partial charge < -0.3 is 10.0 Å².